The Morgan fingerprint density at radius 2 is 2.43 bits per heavy atom. The Morgan fingerprint density at radius 1 is 1.57 bits per heavy atom. The van der Waals surface area contributed by atoms with Crippen molar-refractivity contribution >= 4 is 17.2 Å². The molecule has 5 heteroatoms. The summed E-state index contributed by atoms with van der Waals surface area (Å²) in [6.07, 6.45) is 6.95. The molecule has 21 heavy (non-hydrogen) atoms. The van der Waals surface area contributed by atoms with E-state index >= 15 is 0 Å². The van der Waals surface area contributed by atoms with Gasteiger partial charge in [-0.05, 0) is 35.8 Å². The number of carbonyl (C=O) groups is 1. The van der Waals surface area contributed by atoms with Gasteiger partial charge < -0.3 is 9.47 Å². The number of aromatic nitrogens is 2. The van der Waals surface area contributed by atoms with Gasteiger partial charge in [-0.1, -0.05) is 6.92 Å². The Morgan fingerprint density at radius 3 is 3.24 bits per heavy atom. The molecule has 4 nitrogen and oxygen atoms in total. The SMILES string of the molecule is CCc1ccsc1C(=O)N(C)C[C@H]1CCc2nccn2C1. The number of carbonyl (C=O) groups excluding carboxylic acids is 1. The molecular weight excluding hydrogens is 282 g/mol. The van der Waals surface area contributed by atoms with E-state index in [4.69, 9.17) is 0 Å². The van der Waals surface area contributed by atoms with Gasteiger partial charge in [-0.25, -0.2) is 4.98 Å². The fraction of sp³-hybridized carbons (Fsp3) is 0.500. The number of hydrogen-bond donors (Lipinski definition) is 0. The van der Waals surface area contributed by atoms with Gasteiger partial charge in [0.25, 0.3) is 5.91 Å². The summed E-state index contributed by atoms with van der Waals surface area (Å²) in [5.74, 6) is 1.86. The Kier molecular flexibility index (Phi) is 4.10. The first-order valence-corrected chi connectivity index (χ1v) is 8.38. The first kappa shape index (κ1) is 14.3. The van der Waals surface area contributed by atoms with E-state index in [2.05, 4.69) is 22.5 Å². The Hall–Kier alpha value is -1.62. The van der Waals surface area contributed by atoms with Crippen molar-refractivity contribution in [3.63, 3.8) is 0 Å². The third kappa shape index (κ3) is 2.88. The number of rotatable bonds is 4. The van der Waals surface area contributed by atoms with E-state index in [1.807, 2.05) is 29.7 Å². The second-order valence-electron chi connectivity index (χ2n) is 5.71. The quantitative estimate of drug-likeness (QED) is 0.871. The number of aryl methyl sites for hydroxylation is 2. The van der Waals surface area contributed by atoms with Crippen LogP contribution in [-0.4, -0.2) is 34.0 Å². The lowest BCUT2D eigenvalue weighted by molar-refractivity contribution is 0.0764. The summed E-state index contributed by atoms with van der Waals surface area (Å²) >= 11 is 1.56. The van der Waals surface area contributed by atoms with Crippen molar-refractivity contribution in [1.82, 2.24) is 14.5 Å². The first-order chi connectivity index (χ1) is 10.2. The van der Waals surface area contributed by atoms with Gasteiger partial charge in [0.1, 0.15) is 5.82 Å². The summed E-state index contributed by atoms with van der Waals surface area (Å²) in [5.41, 5.74) is 1.16. The van der Waals surface area contributed by atoms with Gasteiger partial charge in [-0.3, -0.25) is 4.79 Å². The molecular formula is C16H21N3OS. The number of amides is 1. The molecule has 0 aromatic carbocycles. The molecule has 2 aromatic rings. The number of thiophene rings is 1. The van der Waals surface area contributed by atoms with Crippen LogP contribution in [0.5, 0.6) is 0 Å². The van der Waals surface area contributed by atoms with E-state index in [0.717, 1.165) is 42.8 Å². The zero-order chi connectivity index (χ0) is 14.8. The molecule has 0 aliphatic carbocycles. The van der Waals surface area contributed by atoms with Gasteiger partial charge >= 0.3 is 0 Å². The van der Waals surface area contributed by atoms with Crippen LogP contribution < -0.4 is 0 Å². The first-order valence-electron chi connectivity index (χ1n) is 7.51. The smallest absolute Gasteiger partial charge is 0.263 e. The zero-order valence-electron chi connectivity index (χ0n) is 12.6. The number of fused-ring (bicyclic) bond motifs is 1. The standard InChI is InChI=1S/C16H21N3OS/c1-3-13-6-9-21-15(13)16(20)18(2)10-12-4-5-14-17-7-8-19(14)11-12/h6-9,12H,3-5,10-11H2,1-2H3/t12-/m1/s1. The van der Waals surface area contributed by atoms with E-state index < -0.39 is 0 Å². The average Bonchev–Trinajstić information content (AvgIpc) is 3.14. The lowest BCUT2D eigenvalue weighted by Crippen LogP contribution is -2.35. The van der Waals surface area contributed by atoms with Crippen LogP contribution in [0.25, 0.3) is 0 Å². The minimum Gasteiger partial charge on any atom is -0.341 e. The molecule has 1 aliphatic rings. The molecule has 3 rings (SSSR count). The molecule has 0 unspecified atom stereocenters. The monoisotopic (exact) mass is 303 g/mol. The molecule has 112 valence electrons. The third-order valence-corrected chi connectivity index (χ3v) is 5.18. The summed E-state index contributed by atoms with van der Waals surface area (Å²) in [5, 5.41) is 2.01. The third-order valence-electron chi connectivity index (χ3n) is 4.23. The van der Waals surface area contributed by atoms with Crippen LogP contribution in [0.3, 0.4) is 0 Å². The molecule has 0 fully saturated rings. The Bertz CT molecular complexity index is 631. The summed E-state index contributed by atoms with van der Waals surface area (Å²) in [6.45, 7) is 3.88. The Labute approximate surface area is 129 Å². The van der Waals surface area contributed by atoms with Crippen LogP contribution in [0.15, 0.2) is 23.8 Å². The van der Waals surface area contributed by atoms with Gasteiger partial charge in [-0.2, -0.15) is 0 Å². The van der Waals surface area contributed by atoms with E-state index in [-0.39, 0.29) is 5.91 Å². The Balaban J connectivity index is 1.64. The van der Waals surface area contributed by atoms with Gasteiger partial charge in [0, 0.05) is 39.0 Å². The predicted octanol–water partition coefficient (Wildman–Crippen LogP) is 2.84. The average molecular weight is 303 g/mol. The predicted molar refractivity (Wildman–Crippen MR) is 84.7 cm³/mol. The highest BCUT2D eigenvalue weighted by molar-refractivity contribution is 7.12. The molecule has 1 aliphatic heterocycles. The fourth-order valence-corrected chi connectivity index (χ4v) is 4.02. The van der Waals surface area contributed by atoms with Crippen molar-refractivity contribution in [1.29, 1.82) is 0 Å². The topological polar surface area (TPSA) is 38.1 Å². The molecule has 0 radical (unpaired) electrons. The second kappa shape index (κ2) is 6.02. The van der Waals surface area contributed by atoms with E-state index in [0.29, 0.717) is 5.92 Å². The highest BCUT2D eigenvalue weighted by atomic mass is 32.1. The van der Waals surface area contributed by atoms with E-state index in [9.17, 15) is 4.79 Å². The van der Waals surface area contributed by atoms with Crippen molar-refractivity contribution in [3.8, 4) is 0 Å². The number of nitrogens with zero attached hydrogens (tertiary/aromatic N) is 3. The van der Waals surface area contributed by atoms with Crippen molar-refractivity contribution < 1.29 is 4.79 Å². The van der Waals surface area contributed by atoms with Crippen LogP contribution in [-0.2, 0) is 19.4 Å². The summed E-state index contributed by atoms with van der Waals surface area (Å²) in [4.78, 5) is 19.7. The molecule has 1 amide bonds. The lowest BCUT2D eigenvalue weighted by atomic mass is 9.99. The van der Waals surface area contributed by atoms with Gasteiger partial charge in [0.2, 0.25) is 0 Å². The van der Waals surface area contributed by atoms with Crippen molar-refractivity contribution in [2.75, 3.05) is 13.6 Å². The molecule has 1 atom stereocenters. The summed E-state index contributed by atoms with van der Waals surface area (Å²) in [6, 6.07) is 2.06. The minimum absolute atomic E-state index is 0.165. The minimum atomic E-state index is 0.165. The summed E-state index contributed by atoms with van der Waals surface area (Å²) < 4.78 is 2.22. The highest BCUT2D eigenvalue weighted by Gasteiger charge is 2.23. The second-order valence-corrected chi connectivity index (χ2v) is 6.63. The van der Waals surface area contributed by atoms with Crippen molar-refractivity contribution in [3.05, 3.63) is 40.1 Å². The van der Waals surface area contributed by atoms with E-state index in [1.165, 1.54) is 5.82 Å². The zero-order valence-corrected chi connectivity index (χ0v) is 13.4. The van der Waals surface area contributed by atoms with Crippen LogP contribution in [0, 0.1) is 5.92 Å². The molecule has 0 N–H and O–H groups in total. The van der Waals surface area contributed by atoms with Gasteiger partial charge in [0.05, 0.1) is 4.88 Å². The molecule has 3 heterocycles. The molecule has 0 saturated heterocycles. The highest BCUT2D eigenvalue weighted by Crippen LogP contribution is 2.22. The number of imidazole rings is 1. The van der Waals surface area contributed by atoms with Crippen LogP contribution in [0.4, 0.5) is 0 Å². The molecule has 0 bridgehead atoms. The fourth-order valence-electron chi connectivity index (χ4n) is 3.03. The van der Waals surface area contributed by atoms with Gasteiger partial charge in [0.15, 0.2) is 0 Å². The van der Waals surface area contributed by atoms with E-state index in [1.54, 1.807) is 11.3 Å². The van der Waals surface area contributed by atoms with Crippen LogP contribution >= 0.6 is 11.3 Å². The lowest BCUT2D eigenvalue weighted by Gasteiger charge is -2.28. The normalized spacial score (nSPS) is 17.5. The van der Waals surface area contributed by atoms with Crippen molar-refractivity contribution in [2.45, 2.75) is 32.7 Å². The number of hydrogen-bond acceptors (Lipinski definition) is 3. The maximum atomic E-state index is 12.6. The molecule has 0 spiro atoms. The van der Waals surface area contributed by atoms with Gasteiger partial charge in [-0.15, -0.1) is 11.3 Å². The largest absolute Gasteiger partial charge is 0.341 e. The van der Waals surface area contributed by atoms with Crippen LogP contribution in [0.1, 0.15) is 34.4 Å². The maximum absolute atomic E-state index is 12.6. The molecule has 0 saturated carbocycles. The summed E-state index contributed by atoms with van der Waals surface area (Å²) in [7, 11) is 1.92. The van der Waals surface area contributed by atoms with Crippen molar-refractivity contribution in [2.24, 2.45) is 5.92 Å². The maximum Gasteiger partial charge on any atom is 0.263 e. The van der Waals surface area contributed by atoms with Crippen LogP contribution in [0.2, 0.25) is 0 Å². The molecule has 2 aromatic heterocycles.